The maximum atomic E-state index is 13.3. The van der Waals surface area contributed by atoms with Crippen molar-refractivity contribution in [3.05, 3.63) is 66.2 Å². The Morgan fingerprint density at radius 1 is 0.974 bits per heavy atom. The highest BCUT2D eigenvalue weighted by atomic mass is 32.2. The molecule has 2 aromatic carbocycles. The first-order valence-corrected chi connectivity index (χ1v) is 14.6. The van der Waals surface area contributed by atoms with Crippen molar-refractivity contribution < 1.29 is 22.7 Å². The van der Waals surface area contributed by atoms with Gasteiger partial charge in [0.25, 0.3) is 0 Å². The van der Waals surface area contributed by atoms with E-state index in [9.17, 15) is 13.2 Å². The second-order valence-electron chi connectivity index (χ2n) is 10.3. The maximum absolute atomic E-state index is 13.3. The number of sulfonamides is 1. The van der Waals surface area contributed by atoms with Crippen LogP contribution in [-0.4, -0.2) is 43.5 Å². The quantitative estimate of drug-likeness (QED) is 0.454. The molecule has 0 radical (unpaired) electrons. The summed E-state index contributed by atoms with van der Waals surface area (Å²) in [7, 11) is -1.88. The molecule has 1 amide bonds. The van der Waals surface area contributed by atoms with Gasteiger partial charge in [0.15, 0.2) is 11.5 Å². The summed E-state index contributed by atoms with van der Waals surface area (Å²) in [6.45, 7) is 0.193. The third kappa shape index (κ3) is 4.54. The molecule has 0 spiro atoms. The van der Waals surface area contributed by atoms with Crippen molar-refractivity contribution in [1.82, 2.24) is 9.29 Å². The normalized spacial score (nSPS) is 18.4. The van der Waals surface area contributed by atoms with Gasteiger partial charge in [-0.15, -0.1) is 0 Å². The van der Waals surface area contributed by atoms with E-state index in [-0.39, 0.29) is 23.6 Å². The Kier molecular flexibility index (Phi) is 6.36. The Morgan fingerprint density at radius 2 is 1.71 bits per heavy atom. The number of anilines is 1. The lowest BCUT2D eigenvalue weighted by atomic mass is 9.94. The van der Waals surface area contributed by atoms with Crippen LogP contribution < -0.4 is 14.8 Å². The van der Waals surface area contributed by atoms with Gasteiger partial charge in [-0.1, -0.05) is 43.5 Å². The minimum atomic E-state index is -3.56. The van der Waals surface area contributed by atoms with E-state index in [0.717, 1.165) is 49.7 Å². The van der Waals surface area contributed by atoms with Crippen LogP contribution >= 0.6 is 0 Å². The molecule has 2 fully saturated rings. The molecule has 1 aromatic heterocycles. The molecule has 3 aliphatic rings. The highest BCUT2D eigenvalue weighted by molar-refractivity contribution is 7.89. The Bertz CT molecular complexity index is 1460. The lowest BCUT2D eigenvalue weighted by molar-refractivity contribution is -0.118. The Morgan fingerprint density at radius 3 is 2.45 bits per heavy atom. The van der Waals surface area contributed by atoms with Crippen molar-refractivity contribution in [2.45, 2.75) is 61.3 Å². The first-order chi connectivity index (χ1) is 18.4. The summed E-state index contributed by atoms with van der Waals surface area (Å²) in [5.74, 6) is 1.71. The number of pyridine rings is 1. The van der Waals surface area contributed by atoms with Crippen LogP contribution in [0.25, 0.3) is 11.3 Å². The summed E-state index contributed by atoms with van der Waals surface area (Å²) < 4.78 is 38.8. The Hall–Kier alpha value is -3.43. The molecular formula is C29H31N3O5S. The van der Waals surface area contributed by atoms with Crippen LogP contribution in [0.5, 0.6) is 11.5 Å². The molecule has 9 heteroatoms. The number of hydrogen-bond donors (Lipinski definition) is 1. The van der Waals surface area contributed by atoms with Crippen LogP contribution in [-0.2, 0) is 20.2 Å². The van der Waals surface area contributed by atoms with Gasteiger partial charge in [0.2, 0.25) is 22.7 Å². The topological polar surface area (TPSA) is 97.8 Å². The summed E-state index contributed by atoms with van der Waals surface area (Å²) in [5.41, 5.74) is 1.74. The molecule has 3 aromatic rings. The van der Waals surface area contributed by atoms with Gasteiger partial charge in [0.1, 0.15) is 5.82 Å². The number of fused-ring (bicyclic) bond motifs is 1. The van der Waals surface area contributed by atoms with Gasteiger partial charge >= 0.3 is 0 Å². The Labute approximate surface area is 223 Å². The third-order valence-electron chi connectivity index (χ3n) is 8.02. The van der Waals surface area contributed by atoms with Gasteiger partial charge in [-0.25, -0.2) is 13.4 Å². The molecule has 0 atom stereocenters. The lowest BCUT2D eigenvalue weighted by Crippen LogP contribution is -2.38. The standard InChI is InChI=1S/C29H31N3O5S/c1-32(22-6-3-2-4-7-22)38(34,35)23-13-10-20(11-14-23)24-8-5-9-27(30-24)31-28(33)29(16-17-29)21-12-15-25-26(18-21)37-19-36-25/h5,8-15,18,22H,2-4,6-7,16-17,19H2,1H3,(H,30,31,33). The number of nitrogens with one attached hydrogen (secondary N) is 1. The maximum Gasteiger partial charge on any atom is 0.243 e. The van der Waals surface area contributed by atoms with Crippen LogP contribution in [0.4, 0.5) is 5.82 Å². The van der Waals surface area contributed by atoms with Crippen molar-refractivity contribution in [3.8, 4) is 22.8 Å². The zero-order chi connectivity index (χ0) is 26.3. The predicted octanol–water partition coefficient (Wildman–Crippen LogP) is 5.10. The number of aromatic nitrogens is 1. The fourth-order valence-electron chi connectivity index (χ4n) is 5.47. The number of amides is 1. The van der Waals surface area contributed by atoms with E-state index in [2.05, 4.69) is 10.3 Å². The number of benzene rings is 2. The van der Waals surface area contributed by atoms with Crippen LogP contribution in [0.2, 0.25) is 0 Å². The molecule has 0 saturated heterocycles. The summed E-state index contributed by atoms with van der Waals surface area (Å²) >= 11 is 0. The first kappa shape index (κ1) is 24.9. The first-order valence-electron chi connectivity index (χ1n) is 13.1. The number of rotatable bonds is 7. The Balaban J connectivity index is 1.17. The number of carbonyl (C=O) groups is 1. The second kappa shape index (κ2) is 9.71. The van der Waals surface area contributed by atoms with Gasteiger partial charge in [0, 0.05) is 18.7 Å². The molecule has 2 heterocycles. The van der Waals surface area contributed by atoms with Crippen molar-refractivity contribution in [2.75, 3.05) is 19.2 Å². The van der Waals surface area contributed by atoms with Crippen LogP contribution in [0.1, 0.15) is 50.5 Å². The van der Waals surface area contributed by atoms with Gasteiger partial charge < -0.3 is 14.8 Å². The molecule has 2 aliphatic carbocycles. The number of nitrogens with zero attached hydrogens (tertiary/aromatic N) is 2. The van der Waals surface area contributed by atoms with Gasteiger partial charge in [-0.2, -0.15) is 4.31 Å². The summed E-state index contributed by atoms with van der Waals surface area (Å²) in [4.78, 5) is 18.2. The third-order valence-corrected chi connectivity index (χ3v) is 9.94. The van der Waals surface area contributed by atoms with E-state index in [0.29, 0.717) is 23.0 Å². The van der Waals surface area contributed by atoms with Crippen molar-refractivity contribution in [1.29, 1.82) is 0 Å². The van der Waals surface area contributed by atoms with E-state index in [1.54, 1.807) is 37.4 Å². The molecule has 1 aliphatic heterocycles. The van der Waals surface area contributed by atoms with Crippen LogP contribution in [0.15, 0.2) is 65.6 Å². The molecule has 0 bridgehead atoms. The monoisotopic (exact) mass is 533 g/mol. The average Bonchev–Trinajstić information content (AvgIpc) is 3.64. The van der Waals surface area contributed by atoms with E-state index in [4.69, 9.17) is 9.47 Å². The van der Waals surface area contributed by atoms with Gasteiger partial charge in [-0.05, 0) is 67.6 Å². The summed E-state index contributed by atoms with van der Waals surface area (Å²) in [6.07, 6.45) is 6.63. The SMILES string of the molecule is CN(C1CCCCC1)S(=O)(=O)c1ccc(-c2cccc(NC(=O)C3(c4ccc5c(c4)OCO5)CC3)n2)cc1. The van der Waals surface area contributed by atoms with Crippen LogP contribution in [0, 0.1) is 0 Å². The highest BCUT2D eigenvalue weighted by Gasteiger charge is 2.51. The molecular weight excluding hydrogens is 502 g/mol. The lowest BCUT2D eigenvalue weighted by Gasteiger charge is -2.30. The van der Waals surface area contributed by atoms with E-state index in [1.165, 1.54) is 10.7 Å². The molecule has 2 saturated carbocycles. The van der Waals surface area contributed by atoms with E-state index in [1.807, 2.05) is 30.3 Å². The molecule has 0 unspecified atom stereocenters. The van der Waals surface area contributed by atoms with Crippen molar-refractivity contribution >= 4 is 21.7 Å². The number of hydrogen-bond acceptors (Lipinski definition) is 6. The fourth-order valence-corrected chi connectivity index (χ4v) is 6.89. The summed E-state index contributed by atoms with van der Waals surface area (Å²) in [6, 6.07) is 18.0. The zero-order valence-corrected chi connectivity index (χ0v) is 22.2. The molecule has 1 N–H and O–H groups in total. The fraction of sp³-hybridized carbons (Fsp3) is 0.379. The van der Waals surface area contributed by atoms with Crippen molar-refractivity contribution in [2.24, 2.45) is 0 Å². The smallest absolute Gasteiger partial charge is 0.243 e. The summed E-state index contributed by atoms with van der Waals surface area (Å²) in [5, 5.41) is 2.98. The largest absolute Gasteiger partial charge is 0.454 e. The zero-order valence-electron chi connectivity index (χ0n) is 21.4. The molecule has 198 valence electrons. The number of ether oxygens (including phenoxy) is 2. The van der Waals surface area contributed by atoms with Crippen molar-refractivity contribution in [3.63, 3.8) is 0 Å². The number of carbonyl (C=O) groups excluding carboxylic acids is 1. The van der Waals surface area contributed by atoms with E-state index >= 15 is 0 Å². The molecule has 38 heavy (non-hydrogen) atoms. The second-order valence-corrected chi connectivity index (χ2v) is 12.3. The minimum Gasteiger partial charge on any atom is -0.454 e. The molecule has 8 nitrogen and oxygen atoms in total. The van der Waals surface area contributed by atoms with Crippen LogP contribution in [0.3, 0.4) is 0 Å². The molecule has 6 rings (SSSR count). The van der Waals surface area contributed by atoms with Gasteiger partial charge in [0.05, 0.1) is 16.0 Å². The van der Waals surface area contributed by atoms with Gasteiger partial charge in [-0.3, -0.25) is 4.79 Å². The predicted molar refractivity (Wildman–Crippen MR) is 144 cm³/mol. The van der Waals surface area contributed by atoms with E-state index < -0.39 is 15.4 Å². The minimum absolute atomic E-state index is 0.0582. The average molecular weight is 534 g/mol. The highest BCUT2D eigenvalue weighted by Crippen LogP contribution is 2.51.